The van der Waals surface area contributed by atoms with E-state index in [1.165, 1.54) is 122 Å². The van der Waals surface area contributed by atoms with Crippen LogP contribution in [0.15, 0.2) is 18.5 Å². The smallest absolute Gasteiger partial charge is 0.321 e. The molecule has 0 fully saturated rings. The monoisotopic (exact) mass is 546 g/mol. The van der Waals surface area contributed by atoms with E-state index in [0.29, 0.717) is 13.0 Å². The van der Waals surface area contributed by atoms with E-state index in [1.807, 2.05) is 23.1 Å². The Kier molecular flexibility index (Phi) is 25.0. The maximum absolute atomic E-state index is 12.0. The number of aromatic nitrogens is 2. The minimum Gasteiger partial charge on any atom is -0.338 e. The Balaban J connectivity index is 1.74. The fraction of sp³-hybridized carbons (Fsp3) is 0.848. The number of hydrogen-bond acceptors (Lipinski definition) is 3. The number of nitrogens with one attached hydrogen (secondary N) is 2. The molecule has 1 aromatic heterocycles. The van der Waals surface area contributed by atoms with Gasteiger partial charge in [0.25, 0.3) is 0 Å². The molecular weight excluding hydrogens is 484 g/mol. The van der Waals surface area contributed by atoms with E-state index in [2.05, 4.69) is 22.7 Å². The van der Waals surface area contributed by atoms with Crippen molar-refractivity contribution in [2.45, 2.75) is 174 Å². The molecule has 6 nitrogen and oxygen atoms in total. The van der Waals surface area contributed by atoms with Crippen molar-refractivity contribution in [3.63, 3.8) is 0 Å². The van der Waals surface area contributed by atoms with Crippen molar-refractivity contribution in [3.8, 4) is 0 Å². The molecule has 0 unspecified atom stereocenters. The highest BCUT2D eigenvalue weighted by atomic mass is 16.2. The van der Waals surface area contributed by atoms with Gasteiger partial charge in [0.1, 0.15) is 0 Å². The maximum atomic E-state index is 12.0. The number of carbonyl (C=O) groups excluding carboxylic acids is 2. The minimum atomic E-state index is -0.337. The molecule has 0 bridgehead atoms. The van der Waals surface area contributed by atoms with Gasteiger partial charge in [0.2, 0.25) is 5.91 Å². The van der Waals surface area contributed by atoms with Crippen molar-refractivity contribution in [3.05, 3.63) is 18.5 Å². The molecule has 0 atom stereocenters. The van der Waals surface area contributed by atoms with Crippen molar-refractivity contribution in [2.24, 2.45) is 0 Å². The summed E-state index contributed by atoms with van der Waals surface area (Å²) in [5.74, 6) is -0.155. The summed E-state index contributed by atoms with van der Waals surface area (Å²) in [6.45, 7) is 3.94. The Morgan fingerprint density at radius 2 is 1.08 bits per heavy atom. The SMILES string of the molecule is CCCCCCCCCCCCCCCCCCNC(=O)NC(=O)CCCCCCCCCCn1cccn1. The van der Waals surface area contributed by atoms with Crippen molar-refractivity contribution >= 4 is 11.9 Å². The first-order chi connectivity index (χ1) is 19.2. The van der Waals surface area contributed by atoms with E-state index in [1.54, 1.807) is 0 Å². The Morgan fingerprint density at radius 3 is 1.56 bits per heavy atom. The van der Waals surface area contributed by atoms with E-state index < -0.39 is 0 Å². The molecule has 3 amide bonds. The molecule has 0 aliphatic carbocycles. The van der Waals surface area contributed by atoms with Gasteiger partial charge in [-0.15, -0.1) is 0 Å². The summed E-state index contributed by atoms with van der Waals surface area (Å²) in [5, 5.41) is 9.53. The minimum absolute atomic E-state index is 0.155. The molecule has 0 saturated heterocycles. The van der Waals surface area contributed by atoms with Crippen molar-refractivity contribution < 1.29 is 9.59 Å². The van der Waals surface area contributed by atoms with E-state index in [0.717, 1.165) is 38.6 Å². The lowest BCUT2D eigenvalue weighted by Gasteiger charge is -2.07. The van der Waals surface area contributed by atoms with Gasteiger partial charge in [-0.1, -0.05) is 142 Å². The lowest BCUT2D eigenvalue weighted by Crippen LogP contribution is -2.39. The Hall–Kier alpha value is -1.85. The van der Waals surface area contributed by atoms with Crippen LogP contribution in [0.25, 0.3) is 0 Å². The summed E-state index contributed by atoms with van der Waals surface area (Å²) in [6.07, 6.45) is 35.0. The van der Waals surface area contributed by atoms with Crippen LogP contribution in [0.5, 0.6) is 0 Å². The second-order valence-corrected chi connectivity index (χ2v) is 11.5. The zero-order valence-corrected chi connectivity index (χ0v) is 25.5. The van der Waals surface area contributed by atoms with E-state index in [-0.39, 0.29) is 11.9 Å². The van der Waals surface area contributed by atoms with E-state index in [4.69, 9.17) is 0 Å². The van der Waals surface area contributed by atoms with Crippen LogP contribution in [-0.2, 0) is 11.3 Å². The lowest BCUT2D eigenvalue weighted by atomic mass is 10.0. The molecule has 226 valence electrons. The van der Waals surface area contributed by atoms with Gasteiger partial charge in [-0.05, 0) is 25.3 Å². The summed E-state index contributed by atoms with van der Waals surface area (Å²) in [7, 11) is 0. The third-order valence-corrected chi connectivity index (χ3v) is 7.67. The zero-order chi connectivity index (χ0) is 28.1. The molecule has 1 rings (SSSR count). The molecule has 6 heteroatoms. The average molecular weight is 547 g/mol. The van der Waals surface area contributed by atoms with Gasteiger partial charge in [0, 0.05) is 31.9 Å². The number of amides is 3. The van der Waals surface area contributed by atoms with Crippen LogP contribution < -0.4 is 10.6 Å². The van der Waals surface area contributed by atoms with Crippen LogP contribution >= 0.6 is 0 Å². The molecule has 0 aliphatic heterocycles. The Bertz CT molecular complexity index is 663. The molecule has 0 spiro atoms. The molecule has 1 heterocycles. The standard InChI is InChI=1S/C33H62N4O2/c1-2-3-4-5-6-7-8-9-10-11-12-13-15-18-21-24-28-34-33(39)36-32(38)27-23-20-17-14-16-19-22-25-30-37-31-26-29-35-37/h26,29,31H,2-25,27-28,30H2,1H3,(H2,34,36,38,39). The van der Waals surface area contributed by atoms with Crippen LogP contribution in [0.3, 0.4) is 0 Å². The number of unbranched alkanes of at least 4 members (excludes halogenated alkanes) is 22. The Labute approximate surface area is 240 Å². The summed E-state index contributed by atoms with van der Waals surface area (Å²) >= 11 is 0. The number of imide groups is 1. The first-order valence-corrected chi connectivity index (χ1v) is 16.8. The highest BCUT2D eigenvalue weighted by Crippen LogP contribution is 2.14. The Morgan fingerprint density at radius 1 is 0.615 bits per heavy atom. The van der Waals surface area contributed by atoms with Crippen LogP contribution in [0.1, 0.15) is 167 Å². The molecule has 0 aromatic carbocycles. The topological polar surface area (TPSA) is 76.0 Å². The number of aryl methyl sites for hydroxylation is 1. The van der Waals surface area contributed by atoms with Gasteiger partial charge in [0.15, 0.2) is 0 Å². The summed E-state index contributed by atoms with van der Waals surface area (Å²) < 4.78 is 1.99. The molecule has 1 aromatic rings. The predicted molar refractivity (Wildman–Crippen MR) is 165 cm³/mol. The second kappa shape index (κ2) is 27.7. The van der Waals surface area contributed by atoms with Gasteiger partial charge in [0.05, 0.1) is 0 Å². The van der Waals surface area contributed by atoms with Crippen molar-refractivity contribution in [1.29, 1.82) is 0 Å². The van der Waals surface area contributed by atoms with Crippen molar-refractivity contribution in [1.82, 2.24) is 20.4 Å². The van der Waals surface area contributed by atoms with Gasteiger partial charge < -0.3 is 5.32 Å². The van der Waals surface area contributed by atoms with Crippen molar-refractivity contribution in [2.75, 3.05) is 6.54 Å². The highest BCUT2D eigenvalue weighted by Gasteiger charge is 2.06. The zero-order valence-electron chi connectivity index (χ0n) is 25.5. The molecule has 39 heavy (non-hydrogen) atoms. The largest absolute Gasteiger partial charge is 0.338 e. The molecule has 0 saturated carbocycles. The lowest BCUT2D eigenvalue weighted by molar-refractivity contribution is -0.120. The van der Waals surface area contributed by atoms with Gasteiger partial charge in [-0.3, -0.25) is 14.8 Å². The first kappa shape index (κ1) is 35.2. The quantitative estimate of drug-likeness (QED) is 0.103. The number of hydrogen-bond donors (Lipinski definition) is 2. The molecular formula is C33H62N4O2. The number of nitrogens with zero attached hydrogens (tertiary/aromatic N) is 2. The fourth-order valence-corrected chi connectivity index (χ4v) is 5.16. The van der Waals surface area contributed by atoms with Crippen LogP contribution in [0, 0.1) is 0 Å². The first-order valence-electron chi connectivity index (χ1n) is 16.8. The van der Waals surface area contributed by atoms with Crippen LogP contribution in [0.2, 0.25) is 0 Å². The third-order valence-electron chi connectivity index (χ3n) is 7.67. The molecule has 0 aliphatic rings. The van der Waals surface area contributed by atoms with Crippen LogP contribution in [-0.4, -0.2) is 28.3 Å². The van der Waals surface area contributed by atoms with Gasteiger partial charge in [-0.2, -0.15) is 5.10 Å². The average Bonchev–Trinajstić information content (AvgIpc) is 3.45. The van der Waals surface area contributed by atoms with E-state index >= 15 is 0 Å². The number of rotatable bonds is 28. The van der Waals surface area contributed by atoms with Gasteiger partial charge in [-0.25, -0.2) is 4.79 Å². The fourth-order valence-electron chi connectivity index (χ4n) is 5.16. The second-order valence-electron chi connectivity index (χ2n) is 11.5. The van der Waals surface area contributed by atoms with Gasteiger partial charge >= 0.3 is 6.03 Å². The normalized spacial score (nSPS) is 11.1. The van der Waals surface area contributed by atoms with Crippen LogP contribution in [0.4, 0.5) is 4.79 Å². The highest BCUT2D eigenvalue weighted by molar-refractivity contribution is 5.94. The summed E-state index contributed by atoms with van der Waals surface area (Å²) in [5.41, 5.74) is 0. The third kappa shape index (κ3) is 24.9. The summed E-state index contributed by atoms with van der Waals surface area (Å²) in [6, 6.07) is 1.63. The number of urea groups is 1. The maximum Gasteiger partial charge on any atom is 0.321 e. The number of carbonyl (C=O) groups is 2. The molecule has 2 N–H and O–H groups in total. The molecule has 0 radical (unpaired) electrons. The predicted octanol–water partition coefficient (Wildman–Crippen LogP) is 9.48. The van der Waals surface area contributed by atoms with E-state index in [9.17, 15) is 9.59 Å². The summed E-state index contributed by atoms with van der Waals surface area (Å²) in [4.78, 5) is 23.9.